The molecule has 0 saturated carbocycles. The molecule has 0 bridgehead atoms. The van der Waals surface area contributed by atoms with Gasteiger partial charge in [-0.1, -0.05) is 46.6 Å². The fraction of sp³-hybridized carbons (Fsp3) is 0.643. The molecule has 37 heavy (non-hydrogen) atoms. The molecule has 1 rings (SSSR count). The number of hydrogen-bond acceptors (Lipinski definition) is 9. The van der Waals surface area contributed by atoms with Crippen LogP contribution in [0.1, 0.15) is 84.6 Å². The highest BCUT2D eigenvalue weighted by molar-refractivity contribution is 5.77. The molecule has 0 amide bonds. The first-order valence-corrected chi connectivity index (χ1v) is 13.2. The Morgan fingerprint density at radius 2 is 1.49 bits per heavy atom. The molecular weight excluding hydrogens is 478 g/mol. The van der Waals surface area contributed by atoms with Gasteiger partial charge in [0, 0.05) is 25.8 Å². The van der Waals surface area contributed by atoms with Gasteiger partial charge in [0.1, 0.15) is 12.6 Å². The van der Waals surface area contributed by atoms with E-state index in [1.54, 1.807) is 18.2 Å². The molecule has 0 radical (unpaired) electrons. The van der Waals surface area contributed by atoms with E-state index >= 15 is 0 Å². The Morgan fingerprint density at radius 3 is 2.05 bits per heavy atom. The van der Waals surface area contributed by atoms with Gasteiger partial charge in [-0.3, -0.25) is 19.2 Å². The summed E-state index contributed by atoms with van der Waals surface area (Å²) in [6.07, 6.45) is 4.91. The molecular formula is C28H43NO8. The molecule has 9 nitrogen and oxygen atoms in total. The number of carbonyl (C=O) groups is 4. The summed E-state index contributed by atoms with van der Waals surface area (Å²) in [7, 11) is 1.29. The zero-order valence-electron chi connectivity index (χ0n) is 22.9. The number of ether oxygens (including phenoxy) is 4. The number of unbranched alkanes of at least 4 members (excludes halogenated alkanes) is 2. The van der Waals surface area contributed by atoms with Gasteiger partial charge in [0.15, 0.2) is 11.5 Å². The monoisotopic (exact) mass is 521 g/mol. The molecule has 208 valence electrons. The highest BCUT2D eigenvalue weighted by atomic mass is 16.6. The van der Waals surface area contributed by atoms with Crippen LogP contribution >= 0.6 is 0 Å². The Kier molecular flexibility index (Phi) is 15.9. The van der Waals surface area contributed by atoms with Gasteiger partial charge in [-0.05, 0) is 49.3 Å². The molecule has 1 atom stereocenters. The third-order valence-corrected chi connectivity index (χ3v) is 5.53. The molecule has 0 spiro atoms. The van der Waals surface area contributed by atoms with Crippen LogP contribution in [-0.4, -0.2) is 50.2 Å². The number of benzene rings is 1. The number of esters is 4. The minimum absolute atomic E-state index is 0.122. The first-order chi connectivity index (χ1) is 17.7. The van der Waals surface area contributed by atoms with Gasteiger partial charge in [0.05, 0.1) is 7.11 Å². The number of nitrogens with one attached hydrogen (secondary N) is 1. The fourth-order valence-corrected chi connectivity index (χ4v) is 3.33. The van der Waals surface area contributed by atoms with E-state index in [9.17, 15) is 19.2 Å². The lowest BCUT2D eigenvalue weighted by Crippen LogP contribution is -2.41. The van der Waals surface area contributed by atoms with Crippen LogP contribution < -0.4 is 14.8 Å². The van der Waals surface area contributed by atoms with Gasteiger partial charge in [0.25, 0.3) is 0 Å². The predicted molar refractivity (Wildman–Crippen MR) is 139 cm³/mol. The third kappa shape index (κ3) is 13.8. The Balaban J connectivity index is 2.90. The molecule has 0 aliphatic rings. The van der Waals surface area contributed by atoms with E-state index in [2.05, 4.69) is 5.32 Å². The van der Waals surface area contributed by atoms with Crippen LogP contribution in [0.3, 0.4) is 0 Å². The Bertz CT molecular complexity index is 868. The van der Waals surface area contributed by atoms with Crippen molar-refractivity contribution in [2.24, 2.45) is 5.92 Å². The Labute approximate surface area is 220 Å². The molecule has 1 aromatic rings. The minimum Gasteiger partial charge on any atom is -0.468 e. The highest BCUT2D eigenvalue weighted by Crippen LogP contribution is 2.30. The molecule has 0 heterocycles. The van der Waals surface area contributed by atoms with E-state index in [1.807, 2.05) is 27.7 Å². The van der Waals surface area contributed by atoms with E-state index in [0.717, 1.165) is 19.3 Å². The molecule has 0 aromatic heterocycles. The van der Waals surface area contributed by atoms with E-state index in [0.29, 0.717) is 30.7 Å². The van der Waals surface area contributed by atoms with Crippen LogP contribution in [0.25, 0.3) is 0 Å². The van der Waals surface area contributed by atoms with Gasteiger partial charge in [-0.25, -0.2) is 0 Å². The number of methoxy groups -OCH3 is 1. The van der Waals surface area contributed by atoms with Gasteiger partial charge in [-0.2, -0.15) is 0 Å². The van der Waals surface area contributed by atoms with Crippen molar-refractivity contribution in [2.45, 2.75) is 91.5 Å². The van der Waals surface area contributed by atoms with Crippen molar-refractivity contribution in [3.05, 3.63) is 23.8 Å². The largest absolute Gasteiger partial charge is 0.468 e. The normalized spacial score (nSPS) is 11.6. The van der Waals surface area contributed by atoms with Gasteiger partial charge < -0.3 is 24.3 Å². The average molecular weight is 522 g/mol. The molecule has 0 aliphatic heterocycles. The summed E-state index contributed by atoms with van der Waals surface area (Å²) in [6, 6.07) is 4.14. The van der Waals surface area contributed by atoms with Gasteiger partial charge in [-0.15, -0.1) is 0 Å². The van der Waals surface area contributed by atoms with E-state index in [1.165, 1.54) is 7.11 Å². The highest BCUT2D eigenvalue weighted by Gasteiger charge is 2.21. The first-order valence-electron chi connectivity index (χ1n) is 13.2. The van der Waals surface area contributed by atoms with E-state index in [4.69, 9.17) is 18.9 Å². The third-order valence-electron chi connectivity index (χ3n) is 5.53. The molecule has 1 N–H and O–H groups in total. The van der Waals surface area contributed by atoms with Crippen LogP contribution in [0.5, 0.6) is 11.5 Å². The summed E-state index contributed by atoms with van der Waals surface area (Å²) in [4.78, 5) is 48.6. The zero-order valence-corrected chi connectivity index (χ0v) is 22.9. The maximum Gasteiger partial charge on any atom is 0.323 e. The van der Waals surface area contributed by atoms with E-state index in [-0.39, 0.29) is 49.9 Å². The Morgan fingerprint density at radius 1 is 0.865 bits per heavy atom. The zero-order chi connectivity index (χ0) is 27.6. The molecule has 1 aromatic carbocycles. The molecule has 9 heteroatoms. The maximum atomic E-state index is 12.4. The fourth-order valence-electron chi connectivity index (χ4n) is 3.33. The maximum absolute atomic E-state index is 12.4. The SMILES string of the molecule is CCCCC(=O)Oc1ccc(C[C@H](NCCOC(=O)CCC(C)C)C(=O)OC)cc1OC(=O)CCCC. The van der Waals surface area contributed by atoms with Crippen molar-refractivity contribution in [3.8, 4) is 11.5 Å². The van der Waals surface area contributed by atoms with Crippen LogP contribution in [0.15, 0.2) is 18.2 Å². The summed E-state index contributed by atoms with van der Waals surface area (Å²) >= 11 is 0. The molecule has 0 fully saturated rings. The summed E-state index contributed by atoms with van der Waals surface area (Å²) in [5.41, 5.74) is 0.670. The van der Waals surface area contributed by atoms with Crippen LogP contribution in [0.4, 0.5) is 0 Å². The van der Waals surface area contributed by atoms with Crippen molar-refractivity contribution >= 4 is 23.9 Å². The van der Waals surface area contributed by atoms with Crippen molar-refractivity contribution in [1.82, 2.24) is 5.32 Å². The number of rotatable bonds is 18. The summed E-state index contributed by atoms with van der Waals surface area (Å²) in [6.45, 7) is 8.41. The van der Waals surface area contributed by atoms with E-state index < -0.39 is 23.9 Å². The standard InChI is InChI=1S/C28H43NO8/c1-6-8-10-26(31)36-23-14-13-21(19-24(23)37-27(32)11-9-7-2)18-22(28(33)34-5)29-16-17-35-25(30)15-12-20(3)4/h13-14,19-20,22,29H,6-12,15-18H2,1-5H3/t22-/m0/s1. The topological polar surface area (TPSA) is 117 Å². The lowest BCUT2D eigenvalue weighted by molar-refractivity contribution is -0.144. The summed E-state index contributed by atoms with van der Waals surface area (Å²) in [5.74, 6) is -0.885. The summed E-state index contributed by atoms with van der Waals surface area (Å²) in [5, 5.41) is 3.05. The van der Waals surface area contributed by atoms with Crippen LogP contribution in [0, 0.1) is 5.92 Å². The minimum atomic E-state index is -0.721. The smallest absolute Gasteiger partial charge is 0.323 e. The first kappa shape index (κ1) is 32.1. The quantitative estimate of drug-likeness (QED) is 0.169. The Hall–Kier alpha value is -2.94. The molecule has 0 saturated heterocycles. The average Bonchev–Trinajstić information content (AvgIpc) is 2.87. The van der Waals surface area contributed by atoms with Crippen molar-refractivity contribution in [3.63, 3.8) is 0 Å². The molecule has 0 unspecified atom stereocenters. The van der Waals surface area contributed by atoms with Gasteiger partial charge in [0.2, 0.25) is 0 Å². The van der Waals surface area contributed by atoms with Crippen molar-refractivity contribution in [1.29, 1.82) is 0 Å². The van der Waals surface area contributed by atoms with Gasteiger partial charge >= 0.3 is 23.9 Å². The number of hydrogen-bond donors (Lipinski definition) is 1. The molecule has 0 aliphatic carbocycles. The second-order valence-electron chi connectivity index (χ2n) is 9.32. The van der Waals surface area contributed by atoms with Crippen molar-refractivity contribution in [2.75, 3.05) is 20.3 Å². The number of carbonyl (C=O) groups excluding carboxylic acids is 4. The van der Waals surface area contributed by atoms with Crippen molar-refractivity contribution < 1.29 is 38.1 Å². The lowest BCUT2D eigenvalue weighted by atomic mass is 10.0. The second kappa shape index (κ2) is 18.3. The predicted octanol–water partition coefficient (Wildman–Crippen LogP) is 4.53. The van der Waals surface area contributed by atoms with Crippen LogP contribution in [0.2, 0.25) is 0 Å². The summed E-state index contributed by atoms with van der Waals surface area (Å²) < 4.78 is 21.1. The van der Waals surface area contributed by atoms with Crippen LogP contribution in [-0.2, 0) is 35.1 Å². The second-order valence-corrected chi connectivity index (χ2v) is 9.32. The lowest BCUT2D eigenvalue weighted by Gasteiger charge is -2.18.